The molecule has 1 aliphatic carbocycles. The summed E-state index contributed by atoms with van der Waals surface area (Å²) in [6.07, 6.45) is 4.39. The van der Waals surface area contributed by atoms with Gasteiger partial charge in [0.1, 0.15) is 0 Å². The van der Waals surface area contributed by atoms with Crippen molar-refractivity contribution in [1.82, 2.24) is 14.2 Å². The number of aliphatic hydroxyl groups excluding tert-OH is 1. The highest BCUT2D eigenvalue weighted by Gasteiger charge is 2.35. The molecular formula is C27H33N3O4S. The number of hydrogen-bond donors (Lipinski definition) is 2. The van der Waals surface area contributed by atoms with Crippen LogP contribution in [0.3, 0.4) is 0 Å². The molecule has 5 rings (SSSR count). The van der Waals surface area contributed by atoms with Gasteiger partial charge in [-0.05, 0) is 62.3 Å². The number of aryl methyl sites for hydroxylation is 1. The smallest absolute Gasteiger partial charge is 0.240 e. The number of benzene rings is 2. The summed E-state index contributed by atoms with van der Waals surface area (Å²) in [4.78, 5) is 15.0. The van der Waals surface area contributed by atoms with E-state index in [1.165, 1.54) is 0 Å². The van der Waals surface area contributed by atoms with Crippen LogP contribution >= 0.6 is 0 Å². The Morgan fingerprint density at radius 3 is 2.49 bits per heavy atom. The molecule has 2 heterocycles. The number of carbonyl (C=O) groups is 1. The molecule has 2 N–H and O–H groups in total. The number of sulfonamides is 1. The molecule has 0 unspecified atom stereocenters. The summed E-state index contributed by atoms with van der Waals surface area (Å²) in [5, 5.41) is 10.5. The highest BCUT2D eigenvalue weighted by atomic mass is 32.2. The summed E-state index contributed by atoms with van der Waals surface area (Å²) in [6.45, 7) is 0.726. The van der Waals surface area contributed by atoms with Crippen LogP contribution < -0.4 is 4.72 Å². The molecule has 35 heavy (non-hydrogen) atoms. The lowest BCUT2D eigenvalue weighted by Crippen LogP contribution is -2.44. The van der Waals surface area contributed by atoms with Gasteiger partial charge in [0.15, 0.2) is 0 Å². The number of aromatic nitrogens is 1. The fourth-order valence-corrected chi connectivity index (χ4v) is 6.98. The van der Waals surface area contributed by atoms with Gasteiger partial charge in [0, 0.05) is 42.1 Å². The van der Waals surface area contributed by atoms with Gasteiger partial charge in [-0.2, -0.15) is 0 Å². The van der Waals surface area contributed by atoms with Gasteiger partial charge < -0.3 is 14.6 Å². The quantitative estimate of drug-likeness (QED) is 0.546. The van der Waals surface area contributed by atoms with E-state index in [0.29, 0.717) is 32.2 Å². The first-order valence-corrected chi connectivity index (χ1v) is 13.9. The predicted molar refractivity (Wildman–Crippen MR) is 136 cm³/mol. The first-order chi connectivity index (χ1) is 16.9. The second-order valence-electron chi connectivity index (χ2n) is 9.86. The molecular weight excluding hydrogens is 462 g/mol. The van der Waals surface area contributed by atoms with E-state index < -0.39 is 10.0 Å². The Balaban J connectivity index is 1.27. The molecule has 1 saturated carbocycles. The third kappa shape index (κ3) is 4.75. The van der Waals surface area contributed by atoms with Gasteiger partial charge in [0.25, 0.3) is 0 Å². The number of nitrogens with one attached hydrogen (secondary N) is 1. The summed E-state index contributed by atoms with van der Waals surface area (Å²) < 4.78 is 31.3. The van der Waals surface area contributed by atoms with E-state index in [0.717, 1.165) is 35.0 Å². The molecule has 7 nitrogen and oxygen atoms in total. The minimum absolute atomic E-state index is 0.0131. The van der Waals surface area contributed by atoms with Crippen LogP contribution in [-0.2, 0) is 21.9 Å². The zero-order chi connectivity index (χ0) is 24.6. The van der Waals surface area contributed by atoms with E-state index in [-0.39, 0.29) is 35.4 Å². The fourth-order valence-electron chi connectivity index (χ4n) is 5.66. The summed E-state index contributed by atoms with van der Waals surface area (Å²) in [5.41, 5.74) is 2.98. The van der Waals surface area contributed by atoms with E-state index in [9.17, 15) is 18.3 Å². The summed E-state index contributed by atoms with van der Waals surface area (Å²) in [6, 6.07) is 17.1. The van der Waals surface area contributed by atoms with E-state index in [2.05, 4.69) is 10.8 Å². The minimum atomic E-state index is -3.68. The summed E-state index contributed by atoms with van der Waals surface area (Å²) in [7, 11) is -1.73. The number of nitrogens with zero attached hydrogens (tertiary/aromatic N) is 2. The molecule has 186 valence electrons. The van der Waals surface area contributed by atoms with Crippen LogP contribution in [0, 0.1) is 5.92 Å². The van der Waals surface area contributed by atoms with Gasteiger partial charge in [-0.3, -0.25) is 4.79 Å². The molecule has 1 atom stereocenters. The van der Waals surface area contributed by atoms with Crippen molar-refractivity contribution in [2.45, 2.75) is 55.5 Å². The van der Waals surface area contributed by atoms with Crippen molar-refractivity contribution < 1.29 is 18.3 Å². The van der Waals surface area contributed by atoms with Gasteiger partial charge in [-0.15, -0.1) is 0 Å². The Kier molecular flexibility index (Phi) is 6.70. The molecule has 2 aromatic carbocycles. The molecule has 3 aromatic rings. The Labute approximate surface area is 206 Å². The summed E-state index contributed by atoms with van der Waals surface area (Å²) >= 11 is 0. The van der Waals surface area contributed by atoms with Crippen LogP contribution in [0.5, 0.6) is 0 Å². The number of hydrogen-bond acceptors (Lipinski definition) is 4. The van der Waals surface area contributed by atoms with E-state index in [4.69, 9.17) is 0 Å². The molecule has 0 bridgehead atoms. The molecule has 0 radical (unpaired) electrons. The van der Waals surface area contributed by atoms with Gasteiger partial charge in [0.05, 0.1) is 17.5 Å². The van der Waals surface area contributed by atoms with Crippen molar-refractivity contribution in [3.63, 3.8) is 0 Å². The normalized spacial score (nSPS) is 23.1. The molecule has 2 fully saturated rings. The van der Waals surface area contributed by atoms with E-state index >= 15 is 0 Å². The number of fused-ring (bicyclic) bond motifs is 1. The molecule has 8 heteroatoms. The Hall–Kier alpha value is -2.68. The lowest BCUT2D eigenvalue weighted by molar-refractivity contribution is -0.138. The maximum Gasteiger partial charge on any atom is 0.240 e. The minimum Gasteiger partial charge on any atom is -0.394 e. The first kappa shape index (κ1) is 24.0. The van der Waals surface area contributed by atoms with Crippen molar-refractivity contribution in [1.29, 1.82) is 0 Å². The average molecular weight is 496 g/mol. The number of carbonyl (C=O) groups excluding carboxylic acids is 1. The molecule has 1 aromatic heterocycles. The Morgan fingerprint density at radius 2 is 1.77 bits per heavy atom. The number of likely N-dealkylation sites (tertiary alicyclic amines) is 1. The third-order valence-electron chi connectivity index (χ3n) is 7.67. The fraction of sp³-hybridized carbons (Fsp3) is 0.444. The second kappa shape index (κ2) is 9.76. The largest absolute Gasteiger partial charge is 0.394 e. The Bertz CT molecular complexity index is 1310. The van der Waals surface area contributed by atoms with Gasteiger partial charge in [-0.25, -0.2) is 13.1 Å². The lowest BCUT2D eigenvalue weighted by Gasteiger charge is -2.32. The van der Waals surface area contributed by atoms with Crippen LogP contribution in [0.25, 0.3) is 22.2 Å². The monoisotopic (exact) mass is 495 g/mol. The number of amides is 1. The number of aliphatic hydroxyl groups is 1. The second-order valence-corrected chi connectivity index (χ2v) is 11.6. The van der Waals surface area contributed by atoms with Gasteiger partial charge in [0.2, 0.25) is 15.9 Å². The highest BCUT2D eigenvalue weighted by Crippen LogP contribution is 2.31. The van der Waals surface area contributed by atoms with Crippen LogP contribution in [0.4, 0.5) is 0 Å². The first-order valence-electron chi connectivity index (χ1n) is 12.5. The van der Waals surface area contributed by atoms with Crippen molar-refractivity contribution in [3.05, 3.63) is 54.6 Å². The van der Waals surface area contributed by atoms with Crippen LogP contribution in [0.2, 0.25) is 0 Å². The zero-order valence-corrected chi connectivity index (χ0v) is 20.9. The van der Waals surface area contributed by atoms with Crippen molar-refractivity contribution in [2.75, 3.05) is 13.2 Å². The average Bonchev–Trinajstić information content (AvgIpc) is 3.48. The van der Waals surface area contributed by atoms with Gasteiger partial charge >= 0.3 is 0 Å². The van der Waals surface area contributed by atoms with Gasteiger partial charge in [-0.1, -0.05) is 36.4 Å². The molecule has 0 spiro atoms. The highest BCUT2D eigenvalue weighted by molar-refractivity contribution is 7.89. The van der Waals surface area contributed by atoms with Crippen LogP contribution in [0.15, 0.2) is 59.5 Å². The van der Waals surface area contributed by atoms with E-state index in [1.54, 1.807) is 12.1 Å². The van der Waals surface area contributed by atoms with E-state index in [1.807, 2.05) is 52.9 Å². The number of rotatable bonds is 6. The van der Waals surface area contributed by atoms with Crippen molar-refractivity contribution >= 4 is 26.8 Å². The van der Waals surface area contributed by atoms with Crippen molar-refractivity contribution in [2.24, 2.45) is 13.0 Å². The summed E-state index contributed by atoms with van der Waals surface area (Å²) in [5.74, 6) is 0.0327. The third-order valence-corrected chi connectivity index (χ3v) is 9.18. The topological polar surface area (TPSA) is 91.6 Å². The maximum atomic E-state index is 13.2. The SMILES string of the molecule is Cn1c(-c2ccccc2)cc2ccc(S(=O)(=O)N[C@H]3CC[C@H](C(=O)N4CCC[C@@H]4CO)CC3)cc21. The maximum absolute atomic E-state index is 13.2. The predicted octanol–water partition coefficient (Wildman–Crippen LogP) is 3.67. The molecule has 1 aliphatic heterocycles. The van der Waals surface area contributed by atoms with Crippen molar-refractivity contribution in [3.8, 4) is 11.3 Å². The molecule has 1 saturated heterocycles. The zero-order valence-electron chi connectivity index (χ0n) is 20.1. The molecule has 1 amide bonds. The van der Waals surface area contributed by atoms with Crippen LogP contribution in [0.1, 0.15) is 38.5 Å². The van der Waals surface area contributed by atoms with Crippen LogP contribution in [-0.4, -0.2) is 54.1 Å². The lowest BCUT2D eigenvalue weighted by atomic mass is 9.85. The molecule has 2 aliphatic rings. The Morgan fingerprint density at radius 1 is 1.03 bits per heavy atom. The standard InChI is InChI=1S/C27H33N3O4S/c1-29-25(19-6-3-2-4-7-19)16-21-11-14-24(17-26(21)29)35(33,34)28-22-12-9-20(10-13-22)27(32)30-15-5-8-23(30)18-31/h2-4,6-7,11,14,16-17,20,22-23,28,31H,5,8-10,12-13,15,18H2,1H3/t20-,22-,23-/m1/s1.